The second kappa shape index (κ2) is 3.97. The van der Waals surface area contributed by atoms with Gasteiger partial charge in [-0.1, -0.05) is 30.3 Å². The van der Waals surface area contributed by atoms with Gasteiger partial charge in [0.05, 0.1) is 7.05 Å². The minimum absolute atomic E-state index is 0.934. The summed E-state index contributed by atoms with van der Waals surface area (Å²) in [5.74, 6) is 0. The molecule has 0 aliphatic carbocycles. The summed E-state index contributed by atoms with van der Waals surface area (Å²) in [6.07, 6.45) is 4.18. The smallest absolute Gasteiger partial charge is 0.249 e. The average Bonchev–Trinajstić information content (AvgIpc) is 2.99. The van der Waals surface area contributed by atoms with E-state index in [1.807, 2.05) is 25.2 Å². The van der Waals surface area contributed by atoms with E-state index in [1.54, 1.807) is 0 Å². The van der Waals surface area contributed by atoms with Crippen molar-refractivity contribution in [3.63, 3.8) is 0 Å². The molecule has 3 heteroatoms. The Balaban J connectivity index is 2.09. The molecule has 2 heterocycles. The lowest BCUT2D eigenvalue weighted by molar-refractivity contribution is -0.676. The van der Waals surface area contributed by atoms with E-state index in [2.05, 4.69) is 52.8 Å². The summed E-state index contributed by atoms with van der Waals surface area (Å²) >= 11 is 0. The van der Waals surface area contributed by atoms with Gasteiger partial charge in [0.1, 0.15) is 17.5 Å². The van der Waals surface area contributed by atoms with Gasteiger partial charge in [-0.25, -0.2) is 4.57 Å². The summed E-state index contributed by atoms with van der Waals surface area (Å²) in [4.78, 5) is 0. The van der Waals surface area contributed by atoms with Crippen molar-refractivity contribution in [2.24, 2.45) is 7.05 Å². The van der Waals surface area contributed by atoms with Gasteiger partial charge in [0.25, 0.3) is 0 Å². The second-order valence-electron chi connectivity index (χ2n) is 5.16. The molecule has 3 nitrogen and oxygen atoms in total. The van der Waals surface area contributed by atoms with Crippen LogP contribution in [0.4, 0.5) is 0 Å². The summed E-state index contributed by atoms with van der Waals surface area (Å²) in [5.41, 5.74) is 4.15. The minimum atomic E-state index is 0.934. The van der Waals surface area contributed by atoms with Crippen LogP contribution in [-0.2, 0) is 7.05 Å². The molecule has 0 saturated heterocycles. The van der Waals surface area contributed by atoms with Crippen LogP contribution in [0.1, 0.15) is 5.69 Å². The summed E-state index contributed by atoms with van der Waals surface area (Å²) in [6.45, 7) is 2.09. The van der Waals surface area contributed by atoms with Gasteiger partial charge in [-0.3, -0.25) is 0 Å². The number of hydrogen-bond acceptors (Lipinski definition) is 1. The van der Waals surface area contributed by atoms with Gasteiger partial charge >= 0.3 is 0 Å². The lowest BCUT2D eigenvalue weighted by atomic mass is 10.1. The Morgan fingerprint density at radius 1 is 1.00 bits per heavy atom. The number of para-hydroxylation sites is 2. The molecule has 0 spiro atoms. The fourth-order valence-electron chi connectivity index (χ4n) is 2.67. The van der Waals surface area contributed by atoms with Gasteiger partial charge in [-0.05, 0) is 12.1 Å². The van der Waals surface area contributed by atoms with E-state index in [4.69, 9.17) is 4.42 Å². The predicted molar refractivity (Wildman–Crippen MR) is 79.0 cm³/mol. The molecule has 0 aliphatic heterocycles. The van der Waals surface area contributed by atoms with E-state index in [9.17, 15) is 0 Å². The Hall–Kier alpha value is -2.55. The maximum atomic E-state index is 6.06. The molecule has 0 fully saturated rings. The fourth-order valence-corrected chi connectivity index (χ4v) is 2.67. The molecule has 0 amide bonds. The molecule has 98 valence electrons. The summed E-state index contributed by atoms with van der Waals surface area (Å²) < 4.78 is 10.3. The highest BCUT2D eigenvalue weighted by Crippen LogP contribution is 2.32. The SMILES string of the molecule is Cc1cn(-c2cccc3c2oc2ccccc23)c[n+]1C. The van der Waals surface area contributed by atoms with Gasteiger partial charge in [0.15, 0.2) is 11.3 Å². The molecule has 0 bridgehead atoms. The Morgan fingerprint density at radius 2 is 1.80 bits per heavy atom. The van der Waals surface area contributed by atoms with Crippen LogP contribution in [0.5, 0.6) is 0 Å². The molecule has 0 N–H and O–H groups in total. The monoisotopic (exact) mass is 263 g/mol. The molecular formula is C17H15N2O+. The predicted octanol–water partition coefficient (Wildman–Crippen LogP) is 3.51. The normalized spacial score (nSPS) is 11.5. The Kier molecular flexibility index (Phi) is 2.24. The number of hydrogen-bond donors (Lipinski definition) is 0. The van der Waals surface area contributed by atoms with E-state index in [-0.39, 0.29) is 0 Å². The number of imidazole rings is 1. The molecule has 20 heavy (non-hydrogen) atoms. The molecule has 0 saturated carbocycles. The molecule has 0 aliphatic rings. The first kappa shape index (κ1) is 11.3. The number of nitrogens with zero attached hydrogens (tertiary/aromatic N) is 2. The zero-order valence-electron chi connectivity index (χ0n) is 11.5. The first-order chi connectivity index (χ1) is 9.74. The van der Waals surface area contributed by atoms with Crippen molar-refractivity contribution in [1.29, 1.82) is 0 Å². The zero-order chi connectivity index (χ0) is 13.7. The maximum Gasteiger partial charge on any atom is 0.249 e. The van der Waals surface area contributed by atoms with E-state index < -0.39 is 0 Å². The number of rotatable bonds is 1. The quantitative estimate of drug-likeness (QED) is 0.482. The molecule has 2 aromatic heterocycles. The summed E-state index contributed by atoms with van der Waals surface area (Å²) in [6, 6.07) is 14.4. The lowest BCUT2D eigenvalue weighted by Gasteiger charge is -1.96. The molecule has 0 unspecified atom stereocenters. The van der Waals surface area contributed by atoms with Crippen LogP contribution in [0.2, 0.25) is 0 Å². The molecule has 2 aromatic carbocycles. The first-order valence-corrected chi connectivity index (χ1v) is 6.69. The molecule has 4 aromatic rings. The fraction of sp³-hybridized carbons (Fsp3) is 0.118. The summed E-state index contributed by atoms with van der Waals surface area (Å²) in [7, 11) is 2.05. The maximum absolute atomic E-state index is 6.06. The van der Waals surface area contributed by atoms with Crippen LogP contribution < -0.4 is 4.57 Å². The largest absolute Gasteiger partial charge is 0.452 e. The van der Waals surface area contributed by atoms with Gasteiger partial charge in [-0.2, -0.15) is 4.57 Å². The van der Waals surface area contributed by atoms with Gasteiger partial charge in [0, 0.05) is 17.7 Å². The van der Waals surface area contributed by atoms with E-state index in [1.165, 1.54) is 5.69 Å². The van der Waals surface area contributed by atoms with Crippen molar-refractivity contribution in [3.05, 3.63) is 60.7 Å². The third-order valence-corrected chi connectivity index (χ3v) is 3.84. The Labute approximate surface area is 116 Å². The number of aryl methyl sites for hydroxylation is 2. The highest BCUT2D eigenvalue weighted by molar-refractivity contribution is 6.07. The molecule has 0 atom stereocenters. The lowest BCUT2D eigenvalue weighted by Crippen LogP contribution is -2.28. The third-order valence-electron chi connectivity index (χ3n) is 3.84. The second-order valence-corrected chi connectivity index (χ2v) is 5.16. The molecule has 0 radical (unpaired) electrons. The third kappa shape index (κ3) is 1.50. The van der Waals surface area contributed by atoms with Crippen molar-refractivity contribution in [3.8, 4) is 5.69 Å². The van der Waals surface area contributed by atoms with E-state index in [0.717, 1.165) is 27.6 Å². The molecular weight excluding hydrogens is 248 g/mol. The van der Waals surface area contributed by atoms with E-state index in [0.29, 0.717) is 0 Å². The van der Waals surface area contributed by atoms with Crippen LogP contribution in [0.25, 0.3) is 27.6 Å². The first-order valence-electron chi connectivity index (χ1n) is 6.69. The average molecular weight is 263 g/mol. The van der Waals surface area contributed by atoms with Crippen LogP contribution in [0.15, 0.2) is 59.4 Å². The van der Waals surface area contributed by atoms with Crippen LogP contribution >= 0.6 is 0 Å². The van der Waals surface area contributed by atoms with Crippen LogP contribution in [0, 0.1) is 6.92 Å². The summed E-state index contributed by atoms with van der Waals surface area (Å²) in [5, 5.41) is 2.32. The van der Waals surface area contributed by atoms with Crippen molar-refractivity contribution >= 4 is 21.9 Å². The van der Waals surface area contributed by atoms with Gasteiger partial charge in [-0.15, -0.1) is 0 Å². The van der Waals surface area contributed by atoms with Crippen LogP contribution in [-0.4, -0.2) is 4.57 Å². The van der Waals surface area contributed by atoms with Crippen LogP contribution in [0.3, 0.4) is 0 Å². The molecule has 4 rings (SSSR count). The number of fused-ring (bicyclic) bond motifs is 3. The highest BCUT2D eigenvalue weighted by Gasteiger charge is 2.16. The Bertz CT molecular complexity index is 911. The van der Waals surface area contributed by atoms with Gasteiger partial charge in [0.2, 0.25) is 6.33 Å². The van der Waals surface area contributed by atoms with Gasteiger partial charge < -0.3 is 4.42 Å². The minimum Gasteiger partial charge on any atom is -0.452 e. The number of aromatic nitrogens is 2. The van der Waals surface area contributed by atoms with Crippen molar-refractivity contribution in [2.75, 3.05) is 0 Å². The number of furan rings is 1. The highest BCUT2D eigenvalue weighted by atomic mass is 16.3. The zero-order valence-corrected chi connectivity index (χ0v) is 11.5. The van der Waals surface area contributed by atoms with Crippen molar-refractivity contribution < 1.29 is 8.98 Å². The van der Waals surface area contributed by atoms with Crippen molar-refractivity contribution in [1.82, 2.24) is 4.57 Å². The standard InChI is InChI=1S/C17H15N2O/c1-12-10-19(11-18(12)2)15-8-5-7-14-13-6-3-4-9-16(13)20-17(14)15/h3-11H,1-2H3/q+1. The van der Waals surface area contributed by atoms with Crippen molar-refractivity contribution in [2.45, 2.75) is 6.92 Å². The topological polar surface area (TPSA) is 21.9 Å². The van der Waals surface area contributed by atoms with E-state index >= 15 is 0 Å². The Morgan fingerprint density at radius 3 is 2.60 bits per heavy atom. The number of benzene rings is 2.